The van der Waals surface area contributed by atoms with E-state index in [1.165, 1.54) is 48.6 Å². The Labute approximate surface area is 279 Å². The van der Waals surface area contributed by atoms with Crippen molar-refractivity contribution in [3.8, 4) is 11.1 Å². The third-order valence-electron chi connectivity index (χ3n) is 10.6. The quantitative estimate of drug-likeness (QED) is 0.242. The molecule has 1 unspecified atom stereocenters. The molecule has 0 N–H and O–H groups in total. The van der Waals surface area contributed by atoms with Gasteiger partial charge in [0.15, 0.2) is 0 Å². The number of allylic oxidation sites excluding steroid dienone is 4. The first-order chi connectivity index (χ1) is 20.0. The molecular weight excluding hydrogens is 596 g/mol. The predicted molar refractivity (Wildman–Crippen MR) is 182 cm³/mol. The Morgan fingerprint density at radius 1 is 0.860 bits per heavy atom. The van der Waals surface area contributed by atoms with Crippen LogP contribution in [0.2, 0.25) is 0 Å². The maximum absolute atomic E-state index is 3.57. The first-order valence-electron chi connectivity index (χ1n) is 17.0. The van der Waals surface area contributed by atoms with E-state index in [9.17, 15) is 0 Å². The Morgan fingerprint density at radius 3 is 1.88 bits per heavy atom. The Bertz CT molecular complexity index is 1310. The third-order valence-corrected chi connectivity index (χ3v) is 10.6. The molecule has 8 rings (SSSR count). The van der Waals surface area contributed by atoms with Gasteiger partial charge in [-0.3, -0.25) is 6.08 Å². The van der Waals surface area contributed by atoms with Gasteiger partial charge in [-0.1, -0.05) is 102 Å². The summed E-state index contributed by atoms with van der Waals surface area (Å²) < 4.78 is 1.51. The van der Waals surface area contributed by atoms with E-state index in [-0.39, 0.29) is 10.8 Å². The molecule has 2 aromatic carbocycles. The van der Waals surface area contributed by atoms with Gasteiger partial charge in [0.25, 0.3) is 0 Å². The molecule has 4 bridgehead atoms. The monoisotopic (exact) mass is 650 g/mol. The van der Waals surface area contributed by atoms with Crippen LogP contribution in [0.15, 0.2) is 47.6 Å². The van der Waals surface area contributed by atoms with Crippen LogP contribution in [-0.4, -0.2) is 3.21 Å². The zero-order valence-electron chi connectivity index (χ0n) is 28.9. The maximum atomic E-state index is 3.57. The first-order valence-corrected chi connectivity index (χ1v) is 18.3. The molecule has 0 heterocycles. The average Bonchev–Trinajstić information content (AvgIpc) is 3.39. The SMILES string of the molecule is CC(C)(C)c1c[c-]c2c(c1)-c1cc(C(C)(C)C)ccc1C2.CC1=[C-]C(C)C=C1CC12CC3CC(CC(C3)C1)C2.C[C](C)=[Zr+2]. The number of hydrogen-bond acceptors (Lipinski definition) is 0. The van der Waals surface area contributed by atoms with Crippen molar-refractivity contribution in [2.24, 2.45) is 29.1 Å². The minimum absolute atomic E-state index is 0.177. The van der Waals surface area contributed by atoms with Crippen LogP contribution in [-0.2, 0) is 41.5 Å². The molecular formula is C42H56Zr. The molecule has 0 aliphatic heterocycles. The van der Waals surface area contributed by atoms with Crippen molar-refractivity contribution >= 4 is 3.21 Å². The molecule has 0 aromatic heterocycles. The van der Waals surface area contributed by atoms with Crippen molar-refractivity contribution in [2.45, 2.75) is 131 Å². The van der Waals surface area contributed by atoms with E-state index in [4.69, 9.17) is 0 Å². The third kappa shape index (κ3) is 7.74. The number of benzene rings is 2. The fraction of sp³-hybridized carbons (Fsp3) is 0.595. The second-order valence-corrected chi connectivity index (χ2v) is 19.6. The molecule has 0 radical (unpaired) electrons. The van der Waals surface area contributed by atoms with E-state index in [1.807, 2.05) is 0 Å². The van der Waals surface area contributed by atoms with Crippen LogP contribution in [0, 0.1) is 41.2 Å². The van der Waals surface area contributed by atoms with Crippen molar-refractivity contribution in [3.63, 3.8) is 0 Å². The predicted octanol–water partition coefficient (Wildman–Crippen LogP) is 11.3. The molecule has 6 aliphatic carbocycles. The Morgan fingerprint density at radius 2 is 1.40 bits per heavy atom. The van der Waals surface area contributed by atoms with Crippen molar-refractivity contribution in [3.05, 3.63) is 82.0 Å². The van der Waals surface area contributed by atoms with Crippen LogP contribution in [0.5, 0.6) is 0 Å². The Balaban J connectivity index is 0.000000154. The van der Waals surface area contributed by atoms with E-state index in [0.29, 0.717) is 11.3 Å². The van der Waals surface area contributed by atoms with Crippen LogP contribution >= 0.6 is 0 Å². The van der Waals surface area contributed by atoms with Gasteiger partial charge >= 0.3 is 41.3 Å². The number of rotatable bonds is 2. The Kier molecular flexibility index (Phi) is 9.58. The van der Waals surface area contributed by atoms with Gasteiger partial charge in [-0.25, -0.2) is 5.57 Å². The first kappa shape index (κ1) is 33.0. The van der Waals surface area contributed by atoms with E-state index in [2.05, 4.69) is 118 Å². The minimum atomic E-state index is 0.177. The van der Waals surface area contributed by atoms with Crippen LogP contribution < -0.4 is 0 Å². The summed E-state index contributed by atoms with van der Waals surface area (Å²) in [5.41, 5.74) is 12.6. The van der Waals surface area contributed by atoms with E-state index < -0.39 is 0 Å². The van der Waals surface area contributed by atoms with E-state index >= 15 is 0 Å². The molecule has 228 valence electrons. The molecule has 4 saturated carbocycles. The van der Waals surface area contributed by atoms with Gasteiger partial charge in [0.2, 0.25) is 0 Å². The summed E-state index contributed by atoms with van der Waals surface area (Å²) in [6.07, 6.45) is 17.8. The molecule has 0 amide bonds. The second kappa shape index (κ2) is 12.5. The van der Waals surface area contributed by atoms with Gasteiger partial charge in [0.05, 0.1) is 0 Å². The summed E-state index contributed by atoms with van der Waals surface area (Å²) in [5, 5.41) is 0. The van der Waals surface area contributed by atoms with Crippen LogP contribution in [0.25, 0.3) is 11.1 Å². The molecule has 43 heavy (non-hydrogen) atoms. The molecule has 0 spiro atoms. The van der Waals surface area contributed by atoms with Crippen LogP contribution in [0.4, 0.5) is 0 Å². The summed E-state index contributed by atoms with van der Waals surface area (Å²) in [4.78, 5) is 0. The van der Waals surface area contributed by atoms with Crippen LogP contribution in [0.3, 0.4) is 0 Å². The molecule has 6 aliphatic rings. The van der Waals surface area contributed by atoms with Crippen molar-refractivity contribution in [2.75, 3.05) is 0 Å². The topological polar surface area (TPSA) is 0 Å². The van der Waals surface area contributed by atoms with E-state index in [1.54, 1.807) is 68.3 Å². The zero-order chi connectivity index (χ0) is 31.3. The van der Waals surface area contributed by atoms with Gasteiger partial charge in [0, 0.05) is 0 Å². The molecule has 1 heteroatoms. The summed E-state index contributed by atoms with van der Waals surface area (Å²) in [6, 6.07) is 15.1. The molecule has 1 atom stereocenters. The molecule has 0 saturated heterocycles. The fourth-order valence-corrected chi connectivity index (χ4v) is 8.99. The van der Waals surface area contributed by atoms with Gasteiger partial charge in [-0.2, -0.15) is 41.0 Å². The second-order valence-electron chi connectivity index (χ2n) is 17.2. The van der Waals surface area contributed by atoms with Gasteiger partial charge in [-0.15, -0.1) is 5.56 Å². The molecule has 2 aromatic rings. The summed E-state index contributed by atoms with van der Waals surface area (Å²) >= 11 is 1.55. The zero-order valence-corrected chi connectivity index (χ0v) is 31.4. The van der Waals surface area contributed by atoms with Crippen molar-refractivity contribution in [1.82, 2.24) is 0 Å². The fourth-order valence-electron chi connectivity index (χ4n) is 8.99. The number of hydrogen-bond donors (Lipinski definition) is 0. The molecule has 4 fully saturated rings. The summed E-state index contributed by atoms with van der Waals surface area (Å²) in [6.45, 7) is 22.4. The normalized spacial score (nSPS) is 28.2. The van der Waals surface area contributed by atoms with Crippen LogP contribution in [0.1, 0.15) is 136 Å². The molecule has 0 nitrogen and oxygen atoms in total. The van der Waals surface area contributed by atoms with Gasteiger partial charge in [-0.05, 0) is 79.1 Å². The van der Waals surface area contributed by atoms with Gasteiger partial charge in [0.1, 0.15) is 0 Å². The Hall–Kier alpha value is -1.33. The van der Waals surface area contributed by atoms with Crippen molar-refractivity contribution < 1.29 is 24.2 Å². The average molecular weight is 652 g/mol. The van der Waals surface area contributed by atoms with E-state index in [0.717, 1.165) is 24.2 Å². The summed E-state index contributed by atoms with van der Waals surface area (Å²) in [7, 11) is 0. The standard InChI is InChI=1S/C21H25.C18H25.C3H6.Zr/c1-20(2,3)16-9-7-14-11-15-8-10-17(21(4,5)6)13-19(15)18(14)12-16;1-12-3-13(2)17(4-12)11-18-8-14-5-15(9-18)7-16(6-14)10-18;1-3-2;/h7,9-10,12-13H,11H2,1-6H3;4,12,14-16H,5-11H2,1-2H3;1-2H3;/q2*-1;;+2. The summed E-state index contributed by atoms with van der Waals surface area (Å²) in [5.74, 6) is 3.82. The van der Waals surface area contributed by atoms with Gasteiger partial charge < -0.3 is 0 Å². The van der Waals surface area contributed by atoms with Crippen molar-refractivity contribution in [1.29, 1.82) is 0 Å². The number of fused-ring (bicyclic) bond motifs is 3.